The minimum Gasteiger partial charge on any atom is -0.345 e. The predicted octanol–water partition coefficient (Wildman–Crippen LogP) is 1.23. The van der Waals surface area contributed by atoms with E-state index in [1.165, 1.54) is 0 Å². The molecule has 1 N–H and O–H groups in total. The summed E-state index contributed by atoms with van der Waals surface area (Å²) in [5.41, 5.74) is 1.95. The molecule has 0 aliphatic rings. The highest BCUT2D eigenvalue weighted by Gasteiger charge is 2.11. The number of rotatable bonds is 5. The zero-order valence-electron chi connectivity index (χ0n) is 8.07. The fraction of sp³-hybridized carbons (Fsp3) is 0.273. The van der Waals surface area contributed by atoms with Crippen molar-refractivity contribution in [1.82, 2.24) is 5.32 Å². The van der Waals surface area contributed by atoms with E-state index in [1.807, 2.05) is 31.2 Å². The van der Waals surface area contributed by atoms with Gasteiger partial charge in [0.1, 0.15) is 12.3 Å². The molecule has 1 amide bonds. The number of benzene rings is 1. The van der Waals surface area contributed by atoms with E-state index < -0.39 is 6.04 Å². The summed E-state index contributed by atoms with van der Waals surface area (Å²) < 4.78 is 0. The smallest absolute Gasteiger partial charge is 0.207 e. The van der Waals surface area contributed by atoms with Crippen molar-refractivity contribution in [2.24, 2.45) is 0 Å². The van der Waals surface area contributed by atoms with Gasteiger partial charge in [-0.25, -0.2) is 0 Å². The Hall–Kier alpha value is -1.64. The summed E-state index contributed by atoms with van der Waals surface area (Å²) in [5, 5.41) is 2.47. The van der Waals surface area contributed by atoms with Crippen LogP contribution in [0.2, 0.25) is 0 Å². The maximum atomic E-state index is 10.7. The van der Waals surface area contributed by atoms with Crippen molar-refractivity contribution in [2.75, 3.05) is 0 Å². The number of aryl methyl sites for hydroxylation is 1. The normalized spacial score (nSPS) is 11.8. The minimum absolute atomic E-state index is 0.524. The van der Waals surface area contributed by atoms with Gasteiger partial charge in [-0.05, 0) is 17.5 Å². The number of carbonyl (C=O) groups excluding carboxylic acids is 2. The summed E-state index contributed by atoms with van der Waals surface area (Å²) in [4.78, 5) is 21.0. The second-order valence-electron chi connectivity index (χ2n) is 2.95. The summed E-state index contributed by atoms with van der Waals surface area (Å²) >= 11 is 0. The summed E-state index contributed by atoms with van der Waals surface area (Å²) in [5.74, 6) is 0. The van der Waals surface area contributed by atoms with E-state index in [0.29, 0.717) is 6.41 Å². The Morgan fingerprint density at radius 2 is 2.07 bits per heavy atom. The topological polar surface area (TPSA) is 46.2 Å². The molecule has 3 heteroatoms. The van der Waals surface area contributed by atoms with Crippen LogP contribution < -0.4 is 5.32 Å². The zero-order chi connectivity index (χ0) is 10.4. The van der Waals surface area contributed by atoms with E-state index >= 15 is 0 Å². The van der Waals surface area contributed by atoms with Crippen molar-refractivity contribution in [3.63, 3.8) is 0 Å². The highest BCUT2D eigenvalue weighted by atomic mass is 16.1. The van der Waals surface area contributed by atoms with E-state index in [4.69, 9.17) is 0 Å². The lowest BCUT2D eigenvalue weighted by Gasteiger charge is -2.13. The lowest BCUT2D eigenvalue weighted by Crippen LogP contribution is -2.21. The Morgan fingerprint density at radius 1 is 1.36 bits per heavy atom. The van der Waals surface area contributed by atoms with Crippen LogP contribution in [0.25, 0.3) is 0 Å². The quantitative estimate of drug-likeness (QED) is 0.711. The van der Waals surface area contributed by atoms with Crippen LogP contribution in [0.1, 0.15) is 24.1 Å². The fourth-order valence-corrected chi connectivity index (χ4v) is 1.44. The Bertz CT molecular complexity index is 323. The molecular formula is C11H13NO2. The van der Waals surface area contributed by atoms with Gasteiger partial charge in [0.05, 0.1) is 0 Å². The highest BCUT2D eigenvalue weighted by molar-refractivity contribution is 5.67. The van der Waals surface area contributed by atoms with Gasteiger partial charge in [0.2, 0.25) is 6.41 Å². The van der Waals surface area contributed by atoms with Gasteiger partial charge < -0.3 is 10.1 Å². The minimum atomic E-state index is -0.524. The van der Waals surface area contributed by atoms with E-state index in [9.17, 15) is 9.59 Å². The van der Waals surface area contributed by atoms with Crippen LogP contribution in [0.3, 0.4) is 0 Å². The molecule has 0 aliphatic heterocycles. The van der Waals surface area contributed by atoms with E-state index in [0.717, 1.165) is 23.8 Å². The fourth-order valence-electron chi connectivity index (χ4n) is 1.44. The summed E-state index contributed by atoms with van der Waals surface area (Å²) in [6.45, 7) is 2.02. The molecule has 0 aliphatic carbocycles. The SMILES string of the molecule is CCc1ccccc1C(C=O)NC=O. The van der Waals surface area contributed by atoms with Crippen molar-refractivity contribution in [3.8, 4) is 0 Å². The summed E-state index contributed by atoms with van der Waals surface area (Å²) in [7, 11) is 0. The first-order valence-corrected chi connectivity index (χ1v) is 4.56. The molecule has 1 rings (SSSR count). The monoisotopic (exact) mass is 191 g/mol. The standard InChI is InChI=1S/C11H13NO2/c1-2-9-5-3-4-6-10(9)11(7-13)12-8-14/h3-8,11H,2H2,1H3,(H,12,14). The van der Waals surface area contributed by atoms with Crippen LogP contribution in [0.15, 0.2) is 24.3 Å². The van der Waals surface area contributed by atoms with Crippen LogP contribution in [-0.4, -0.2) is 12.7 Å². The van der Waals surface area contributed by atoms with Crippen LogP contribution >= 0.6 is 0 Å². The highest BCUT2D eigenvalue weighted by Crippen LogP contribution is 2.16. The third-order valence-corrected chi connectivity index (χ3v) is 2.15. The molecular weight excluding hydrogens is 178 g/mol. The lowest BCUT2D eigenvalue weighted by atomic mass is 10.00. The van der Waals surface area contributed by atoms with Gasteiger partial charge in [-0.1, -0.05) is 31.2 Å². The van der Waals surface area contributed by atoms with Gasteiger partial charge in [0, 0.05) is 0 Å². The van der Waals surface area contributed by atoms with E-state index in [2.05, 4.69) is 5.32 Å². The molecule has 0 bridgehead atoms. The van der Waals surface area contributed by atoms with Crippen LogP contribution in [0.5, 0.6) is 0 Å². The first kappa shape index (κ1) is 10.4. The lowest BCUT2D eigenvalue weighted by molar-refractivity contribution is -0.115. The molecule has 0 saturated heterocycles. The molecule has 0 aromatic heterocycles. The predicted molar refractivity (Wildman–Crippen MR) is 53.8 cm³/mol. The largest absolute Gasteiger partial charge is 0.345 e. The summed E-state index contributed by atoms with van der Waals surface area (Å²) in [6.07, 6.45) is 2.13. The van der Waals surface area contributed by atoms with Crippen molar-refractivity contribution in [2.45, 2.75) is 19.4 Å². The number of aldehydes is 1. The average Bonchev–Trinajstić information content (AvgIpc) is 2.26. The molecule has 1 aromatic carbocycles. The second kappa shape index (κ2) is 5.17. The van der Waals surface area contributed by atoms with Gasteiger partial charge in [-0.3, -0.25) is 4.79 Å². The van der Waals surface area contributed by atoms with Crippen molar-refractivity contribution < 1.29 is 9.59 Å². The van der Waals surface area contributed by atoms with Gasteiger partial charge in [-0.2, -0.15) is 0 Å². The summed E-state index contributed by atoms with van der Waals surface area (Å²) in [6, 6.07) is 7.07. The molecule has 0 fully saturated rings. The molecule has 74 valence electrons. The number of hydrogen-bond acceptors (Lipinski definition) is 2. The third-order valence-electron chi connectivity index (χ3n) is 2.15. The van der Waals surface area contributed by atoms with Gasteiger partial charge in [0.25, 0.3) is 0 Å². The third kappa shape index (κ3) is 2.19. The molecule has 0 saturated carbocycles. The number of amides is 1. The van der Waals surface area contributed by atoms with Crippen LogP contribution in [0.4, 0.5) is 0 Å². The Kier molecular flexibility index (Phi) is 3.85. The molecule has 1 unspecified atom stereocenters. The molecule has 0 spiro atoms. The molecule has 1 atom stereocenters. The maximum absolute atomic E-state index is 10.7. The van der Waals surface area contributed by atoms with Gasteiger partial charge >= 0.3 is 0 Å². The molecule has 0 heterocycles. The number of nitrogens with one attached hydrogen (secondary N) is 1. The van der Waals surface area contributed by atoms with Crippen LogP contribution in [-0.2, 0) is 16.0 Å². The van der Waals surface area contributed by atoms with Crippen LogP contribution in [0, 0.1) is 0 Å². The van der Waals surface area contributed by atoms with E-state index in [-0.39, 0.29) is 0 Å². The maximum Gasteiger partial charge on any atom is 0.207 e. The zero-order valence-corrected chi connectivity index (χ0v) is 8.07. The van der Waals surface area contributed by atoms with E-state index in [1.54, 1.807) is 0 Å². The second-order valence-corrected chi connectivity index (χ2v) is 2.95. The molecule has 14 heavy (non-hydrogen) atoms. The van der Waals surface area contributed by atoms with Crippen molar-refractivity contribution >= 4 is 12.7 Å². The first-order valence-electron chi connectivity index (χ1n) is 4.56. The molecule has 0 radical (unpaired) electrons. The Balaban J connectivity index is 3.01. The first-order chi connectivity index (χ1) is 6.83. The molecule has 3 nitrogen and oxygen atoms in total. The average molecular weight is 191 g/mol. The van der Waals surface area contributed by atoms with Gasteiger partial charge in [0.15, 0.2) is 0 Å². The van der Waals surface area contributed by atoms with Crippen molar-refractivity contribution in [3.05, 3.63) is 35.4 Å². The number of hydrogen-bond donors (Lipinski definition) is 1. The Morgan fingerprint density at radius 3 is 2.64 bits per heavy atom. The number of carbonyl (C=O) groups is 2. The Labute approximate surface area is 83.1 Å². The van der Waals surface area contributed by atoms with Gasteiger partial charge in [-0.15, -0.1) is 0 Å². The molecule has 1 aromatic rings. The van der Waals surface area contributed by atoms with Crippen molar-refractivity contribution in [1.29, 1.82) is 0 Å².